The summed E-state index contributed by atoms with van der Waals surface area (Å²) < 4.78 is 11.1. The Kier molecular flexibility index (Phi) is 9.83. The summed E-state index contributed by atoms with van der Waals surface area (Å²) in [5.74, 6) is 1.67. The number of aliphatic imine (C=N–C) groups is 1. The molecule has 1 aromatic rings. The van der Waals surface area contributed by atoms with Gasteiger partial charge in [-0.2, -0.15) is 0 Å². The molecular weight excluding hydrogens is 455 g/mol. The summed E-state index contributed by atoms with van der Waals surface area (Å²) in [5, 5.41) is 6.83. The quantitative estimate of drug-likeness (QED) is 0.365. The summed E-state index contributed by atoms with van der Waals surface area (Å²) in [5.41, 5.74) is 1.17. The predicted octanol–water partition coefficient (Wildman–Crippen LogP) is 2.87. The second-order valence-electron chi connectivity index (χ2n) is 7.61. The van der Waals surface area contributed by atoms with Crippen LogP contribution >= 0.6 is 24.0 Å². The molecule has 0 saturated carbocycles. The van der Waals surface area contributed by atoms with Crippen molar-refractivity contribution in [3.8, 4) is 5.75 Å². The summed E-state index contributed by atoms with van der Waals surface area (Å²) in [6.45, 7) is 12.2. The fraction of sp³-hybridized carbons (Fsp3) is 0.650. The average molecular weight is 490 g/mol. The van der Waals surface area contributed by atoms with Crippen molar-refractivity contribution < 1.29 is 9.47 Å². The Hall–Kier alpha value is -1.06. The SMILES string of the molecule is CN=C(NCc1cccc(OC)c1)NCC(C)(C)N1CC(C)OC(C)C1.I. The Morgan fingerprint density at radius 2 is 1.93 bits per heavy atom. The van der Waals surface area contributed by atoms with E-state index in [9.17, 15) is 0 Å². The number of hydrogen-bond donors (Lipinski definition) is 2. The second kappa shape index (κ2) is 11.1. The largest absolute Gasteiger partial charge is 0.497 e. The van der Waals surface area contributed by atoms with Crippen molar-refractivity contribution in [3.63, 3.8) is 0 Å². The van der Waals surface area contributed by atoms with Crippen LogP contribution in [0.5, 0.6) is 5.75 Å². The van der Waals surface area contributed by atoms with Gasteiger partial charge in [0, 0.05) is 38.8 Å². The maximum absolute atomic E-state index is 5.86. The number of guanidine groups is 1. The number of nitrogens with zero attached hydrogens (tertiary/aromatic N) is 2. The topological polar surface area (TPSA) is 58.1 Å². The summed E-state index contributed by atoms with van der Waals surface area (Å²) in [6, 6.07) is 8.04. The van der Waals surface area contributed by atoms with E-state index >= 15 is 0 Å². The number of nitrogens with one attached hydrogen (secondary N) is 2. The van der Waals surface area contributed by atoms with Crippen LogP contribution in [0.2, 0.25) is 0 Å². The van der Waals surface area contributed by atoms with E-state index in [-0.39, 0.29) is 41.7 Å². The molecule has 2 unspecified atom stereocenters. The highest BCUT2D eigenvalue weighted by Crippen LogP contribution is 2.20. The lowest BCUT2D eigenvalue weighted by molar-refractivity contribution is -0.0946. The van der Waals surface area contributed by atoms with Gasteiger partial charge in [-0.3, -0.25) is 9.89 Å². The van der Waals surface area contributed by atoms with Gasteiger partial charge in [0.1, 0.15) is 5.75 Å². The van der Waals surface area contributed by atoms with Crippen LogP contribution in [0, 0.1) is 0 Å². The number of morpholine rings is 1. The molecule has 2 N–H and O–H groups in total. The van der Waals surface area contributed by atoms with E-state index in [1.165, 1.54) is 0 Å². The molecule has 2 atom stereocenters. The first-order valence-electron chi connectivity index (χ1n) is 9.32. The van der Waals surface area contributed by atoms with Gasteiger partial charge in [-0.1, -0.05) is 12.1 Å². The van der Waals surface area contributed by atoms with Crippen LogP contribution in [-0.4, -0.2) is 62.4 Å². The molecule has 1 heterocycles. The van der Waals surface area contributed by atoms with Crippen molar-refractivity contribution >= 4 is 29.9 Å². The number of rotatable bonds is 6. The Morgan fingerprint density at radius 1 is 1.26 bits per heavy atom. The van der Waals surface area contributed by atoms with E-state index in [1.54, 1.807) is 14.2 Å². The molecule has 1 aliphatic heterocycles. The van der Waals surface area contributed by atoms with E-state index in [0.29, 0.717) is 6.54 Å². The van der Waals surface area contributed by atoms with Crippen LogP contribution in [0.3, 0.4) is 0 Å². The average Bonchev–Trinajstić information content (AvgIpc) is 2.61. The maximum atomic E-state index is 5.86. The minimum absolute atomic E-state index is 0. The minimum atomic E-state index is 0. The van der Waals surface area contributed by atoms with E-state index in [2.05, 4.69) is 54.3 Å². The van der Waals surface area contributed by atoms with Crippen molar-refractivity contribution in [1.29, 1.82) is 0 Å². The van der Waals surface area contributed by atoms with Crippen molar-refractivity contribution in [2.75, 3.05) is 33.8 Å². The summed E-state index contributed by atoms with van der Waals surface area (Å²) in [6.07, 6.45) is 0.534. The molecule has 0 amide bonds. The van der Waals surface area contributed by atoms with E-state index in [0.717, 1.165) is 36.9 Å². The lowest BCUT2D eigenvalue weighted by atomic mass is 10.00. The highest BCUT2D eigenvalue weighted by molar-refractivity contribution is 14.0. The maximum Gasteiger partial charge on any atom is 0.191 e. The molecule has 7 heteroatoms. The van der Waals surface area contributed by atoms with Crippen molar-refractivity contribution in [2.45, 2.75) is 52.0 Å². The van der Waals surface area contributed by atoms with Gasteiger partial charge in [0.15, 0.2) is 5.96 Å². The number of ether oxygens (including phenoxy) is 2. The number of hydrogen-bond acceptors (Lipinski definition) is 4. The van der Waals surface area contributed by atoms with Crippen LogP contribution in [-0.2, 0) is 11.3 Å². The molecule has 0 bridgehead atoms. The zero-order valence-electron chi connectivity index (χ0n) is 17.4. The lowest BCUT2D eigenvalue weighted by Crippen LogP contribution is -2.59. The first kappa shape index (κ1) is 24.0. The van der Waals surface area contributed by atoms with Crippen molar-refractivity contribution in [2.24, 2.45) is 4.99 Å². The van der Waals surface area contributed by atoms with Crippen LogP contribution in [0.15, 0.2) is 29.3 Å². The zero-order chi connectivity index (χ0) is 19.2. The van der Waals surface area contributed by atoms with Crippen LogP contribution in [0.25, 0.3) is 0 Å². The Balaban J connectivity index is 0.00000364. The number of methoxy groups -OCH3 is 1. The van der Waals surface area contributed by atoms with E-state index in [4.69, 9.17) is 9.47 Å². The molecule has 154 valence electrons. The third kappa shape index (κ3) is 7.46. The van der Waals surface area contributed by atoms with Crippen molar-refractivity contribution in [3.05, 3.63) is 29.8 Å². The first-order valence-corrected chi connectivity index (χ1v) is 9.32. The third-order valence-electron chi connectivity index (χ3n) is 4.78. The van der Waals surface area contributed by atoms with Gasteiger partial charge in [-0.15, -0.1) is 24.0 Å². The van der Waals surface area contributed by atoms with Gasteiger partial charge in [0.25, 0.3) is 0 Å². The fourth-order valence-electron chi connectivity index (χ4n) is 3.27. The van der Waals surface area contributed by atoms with E-state index < -0.39 is 0 Å². The minimum Gasteiger partial charge on any atom is -0.497 e. The molecule has 0 radical (unpaired) electrons. The molecular formula is C20H35IN4O2. The highest BCUT2D eigenvalue weighted by atomic mass is 127. The molecule has 1 aliphatic rings. The van der Waals surface area contributed by atoms with Gasteiger partial charge in [-0.05, 0) is 45.4 Å². The number of halogens is 1. The molecule has 0 aromatic heterocycles. The van der Waals surface area contributed by atoms with E-state index in [1.807, 2.05) is 18.2 Å². The third-order valence-corrected chi connectivity index (χ3v) is 4.78. The predicted molar refractivity (Wildman–Crippen MR) is 122 cm³/mol. The van der Waals surface area contributed by atoms with Crippen LogP contribution < -0.4 is 15.4 Å². The summed E-state index contributed by atoms with van der Waals surface area (Å²) in [4.78, 5) is 6.84. The zero-order valence-corrected chi connectivity index (χ0v) is 19.7. The highest BCUT2D eigenvalue weighted by Gasteiger charge is 2.33. The Labute approximate surface area is 181 Å². The molecule has 1 saturated heterocycles. The fourth-order valence-corrected chi connectivity index (χ4v) is 3.27. The summed E-state index contributed by atoms with van der Waals surface area (Å²) >= 11 is 0. The van der Waals surface area contributed by atoms with Crippen molar-refractivity contribution in [1.82, 2.24) is 15.5 Å². The molecule has 2 rings (SSSR count). The smallest absolute Gasteiger partial charge is 0.191 e. The number of benzene rings is 1. The monoisotopic (exact) mass is 490 g/mol. The molecule has 6 nitrogen and oxygen atoms in total. The molecule has 0 aliphatic carbocycles. The Morgan fingerprint density at radius 3 is 2.52 bits per heavy atom. The van der Waals surface area contributed by atoms with Crippen LogP contribution in [0.1, 0.15) is 33.3 Å². The van der Waals surface area contributed by atoms with Gasteiger partial charge in [0.05, 0.1) is 19.3 Å². The molecule has 1 fully saturated rings. The van der Waals surface area contributed by atoms with Gasteiger partial charge >= 0.3 is 0 Å². The summed E-state index contributed by atoms with van der Waals surface area (Å²) in [7, 11) is 3.48. The Bertz CT molecular complexity index is 599. The second-order valence-corrected chi connectivity index (χ2v) is 7.61. The van der Waals surface area contributed by atoms with Gasteiger partial charge < -0.3 is 20.1 Å². The van der Waals surface area contributed by atoms with Gasteiger partial charge in [0.2, 0.25) is 0 Å². The standard InChI is InChI=1S/C20H34N4O2.HI/c1-15-12-24(13-16(2)26-15)20(3,4)14-23-19(21-5)22-11-17-8-7-9-18(10-17)25-6;/h7-10,15-16H,11-14H2,1-6H3,(H2,21,22,23);1H. The molecule has 0 spiro atoms. The first-order chi connectivity index (χ1) is 12.3. The molecule has 1 aromatic carbocycles. The normalized spacial score (nSPS) is 21.3. The molecule has 27 heavy (non-hydrogen) atoms. The lowest BCUT2D eigenvalue weighted by Gasteiger charge is -2.45. The van der Waals surface area contributed by atoms with Crippen LogP contribution in [0.4, 0.5) is 0 Å². The van der Waals surface area contributed by atoms with Gasteiger partial charge in [-0.25, -0.2) is 0 Å².